The molecule has 0 aliphatic heterocycles. The van der Waals surface area contributed by atoms with Gasteiger partial charge in [0.15, 0.2) is 0 Å². The molecule has 18 heavy (non-hydrogen) atoms. The van der Waals surface area contributed by atoms with Crippen LogP contribution >= 0.6 is 10.7 Å². The van der Waals surface area contributed by atoms with Crippen LogP contribution in [0.25, 0.3) is 0 Å². The molecule has 0 aliphatic carbocycles. The van der Waals surface area contributed by atoms with Gasteiger partial charge < -0.3 is 4.74 Å². The second-order valence-corrected chi connectivity index (χ2v) is 7.15. The summed E-state index contributed by atoms with van der Waals surface area (Å²) in [6.45, 7) is 8.28. The van der Waals surface area contributed by atoms with Crippen molar-refractivity contribution in [1.82, 2.24) is 0 Å². The summed E-state index contributed by atoms with van der Waals surface area (Å²) in [5.74, 6) is 1.16. The Balaban J connectivity index is 3.01. The van der Waals surface area contributed by atoms with E-state index in [1.165, 1.54) is 0 Å². The number of rotatable bonds is 5. The number of hydrogen-bond donors (Lipinski definition) is 0. The highest BCUT2D eigenvalue weighted by Gasteiger charge is 2.17. The summed E-state index contributed by atoms with van der Waals surface area (Å²) >= 11 is 0. The Bertz CT molecular complexity index is 500. The molecule has 3 nitrogen and oxygen atoms in total. The Morgan fingerprint density at radius 2 is 1.78 bits per heavy atom. The van der Waals surface area contributed by atoms with Crippen molar-refractivity contribution in [2.24, 2.45) is 5.92 Å². The van der Waals surface area contributed by atoms with E-state index in [9.17, 15) is 8.42 Å². The van der Waals surface area contributed by atoms with E-state index in [1.807, 2.05) is 0 Å². The van der Waals surface area contributed by atoms with Gasteiger partial charge in [-0.25, -0.2) is 8.42 Å². The van der Waals surface area contributed by atoms with Gasteiger partial charge in [-0.15, -0.1) is 0 Å². The first-order valence-corrected chi connectivity index (χ1v) is 8.25. The predicted molar refractivity (Wildman–Crippen MR) is 73.9 cm³/mol. The van der Waals surface area contributed by atoms with Crippen LogP contribution in [0.4, 0.5) is 0 Å². The first kappa shape index (κ1) is 15.3. The molecule has 1 aromatic rings. The average Bonchev–Trinajstić information content (AvgIpc) is 2.22. The Labute approximate surface area is 114 Å². The molecule has 0 bridgehead atoms. The summed E-state index contributed by atoms with van der Waals surface area (Å²) in [6.07, 6.45) is 1.05. The van der Waals surface area contributed by atoms with Crippen molar-refractivity contribution in [1.29, 1.82) is 0 Å². The van der Waals surface area contributed by atoms with Crippen LogP contribution in [0, 0.1) is 19.8 Å². The fourth-order valence-corrected chi connectivity index (χ4v) is 3.35. The van der Waals surface area contributed by atoms with E-state index in [0.29, 0.717) is 29.4 Å². The molecule has 1 unspecified atom stereocenters. The normalized spacial score (nSPS) is 13.4. The van der Waals surface area contributed by atoms with Crippen molar-refractivity contribution >= 4 is 19.7 Å². The zero-order valence-corrected chi connectivity index (χ0v) is 12.7. The van der Waals surface area contributed by atoms with Gasteiger partial charge in [-0.2, -0.15) is 0 Å². The highest BCUT2D eigenvalue weighted by molar-refractivity contribution is 8.13. The van der Waals surface area contributed by atoms with Crippen molar-refractivity contribution in [2.45, 2.75) is 39.0 Å². The monoisotopic (exact) mass is 290 g/mol. The summed E-state index contributed by atoms with van der Waals surface area (Å²) in [6, 6.07) is 3.43. The standard InChI is InChI=1S/C13H19ClO3S/c1-5-9(2)8-17-12-6-10(3)13(11(4)7-12)18(14,15)16/h6-7,9H,5,8H2,1-4H3. The number of ether oxygens (including phenoxy) is 1. The third-order valence-electron chi connectivity index (χ3n) is 2.91. The van der Waals surface area contributed by atoms with Gasteiger partial charge in [-0.1, -0.05) is 20.3 Å². The molecule has 1 aromatic carbocycles. The summed E-state index contributed by atoms with van der Waals surface area (Å²) in [5.41, 5.74) is 1.23. The third-order valence-corrected chi connectivity index (χ3v) is 4.50. The van der Waals surface area contributed by atoms with Crippen LogP contribution in [0.1, 0.15) is 31.4 Å². The molecule has 0 radical (unpaired) electrons. The predicted octanol–water partition coefficient (Wildman–Crippen LogP) is 3.66. The van der Waals surface area contributed by atoms with Crippen molar-refractivity contribution in [3.63, 3.8) is 0 Å². The minimum atomic E-state index is -3.70. The zero-order chi connectivity index (χ0) is 13.9. The van der Waals surface area contributed by atoms with Crippen molar-refractivity contribution in [3.05, 3.63) is 23.3 Å². The molecule has 0 amide bonds. The molecule has 102 valence electrons. The maximum Gasteiger partial charge on any atom is 0.261 e. The quantitative estimate of drug-likeness (QED) is 0.777. The Hall–Kier alpha value is -0.740. The van der Waals surface area contributed by atoms with E-state index in [2.05, 4.69) is 13.8 Å². The van der Waals surface area contributed by atoms with Gasteiger partial charge in [-0.3, -0.25) is 0 Å². The fourth-order valence-electron chi connectivity index (χ4n) is 1.73. The van der Waals surface area contributed by atoms with Gasteiger partial charge in [0.2, 0.25) is 0 Å². The third kappa shape index (κ3) is 3.89. The number of benzene rings is 1. The smallest absolute Gasteiger partial charge is 0.261 e. The minimum absolute atomic E-state index is 0.181. The van der Waals surface area contributed by atoms with Gasteiger partial charge in [0.05, 0.1) is 11.5 Å². The van der Waals surface area contributed by atoms with E-state index >= 15 is 0 Å². The van der Waals surface area contributed by atoms with E-state index in [4.69, 9.17) is 15.4 Å². The molecule has 1 rings (SSSR count). The zero-order valence-electron chi connectivity index (χ0n) is 11.2. The summed E-state index contributed by atoms with van der Waals surface area (Å²) in [5, 5.41) is 0. The lowest BCUT2D eigenvalue weighted by atomic mass is 10.1. The SMILES string of the molecule is CCC(C)COc1cc(C)c(S(=O)(=O)Cl)c(C)c1. The largest absolute Gasteiger partial charge is 0.493 e. The molecule has 0 aliphatic rings. The van der Waals surface area contributed by atoms with Gasteiger partial charge in [0.25, 0.3) is 9.05 Å². The van der Waals surface area contributed by atoms with Gasteiger partial charge in [0, 0.05) is 10.7 Å². The lowest BCUT2D eigenvalue weighted by Gasteiger charge is -2.14. The second-order valence-electron chi connectivity index (χ2n) is 4.65. The van der Waals surface area contributed by atoms with Crippen LogP contribution in [0.5, 0.6) is 5.75 Å². The minimum Gasteiger partial charge on any atom is -0.493 e. The fraction of sp³-hybridized carbons (Fsp3) is 0.538. The van der Waals surface area contributed by atoms with E-state index < -0.39 is 9.05 Å². The van der Waals surface area contributed by atoms with Crippen molar-refractivity contribution in [3.8, 4) is 5.75 Å². The van der Waals surface area contributed by atoms with Crippen molar-refractivity contribution < 1.29 is 13.2 Å². The molecule has 0 fully saturated rings. The lowest BCUT2D eigenvalue weighted by molar-refractivity contribution is 0.256. The summed E-state index contributed by atoms with van der Waals surface area (Å²) in [7, 11) is 1.70. The Morgan fingerprint density at radius 1 is 1.28 bits per heavy atom. The van der Waals surface area contributed by atoms with Crippen molar-refractivity contribution in [2.75, 3.05) is 6.61 Å². The topological polar surface area (TPSA) is 43.4 Å². The maximum absolute atomic E-state index is 11.4. The molecule has 0 aromatic heterocycles. The second kappa shape index (κ2) is 5.93. The van der Waals surface area contributed by atoms with Crippen LogP contribution in [0.2, 0.25) is 0 Å². The molecule has 0 spiro atoms. The van der Waals surface area contributed by atoms with Gasteiger partial charge in [0.1, 0.15) is 5.75 Å². The maximum atomic E-state index is 11.4. The first-order valence-electron chi connectivity index (χ1n) is 5.94. The van der Waals surface area contributed by atoms with Crippen LogP contribution < -0.4 is 4.74 Å². The lowest BCUT2D eigenvalue weighted by Crippen LogP contribution is -2.08. The first-order chi connectivity index (χ1) is 8.25. The Kier molecular flexibility index (Phi) is 5.05. The van der Waals surface area contributed by atoms with Crippen LogP contribution in [-0.4, -0.2) is 15.0 Å². The molecular weight excluding hydrogens is 272 g/mol. The Morgan fingerprint density at radius 3 is 2.17 bits per heavy atom. The van der Waals surface area contributed by atoms with E-state index in [1.54, 1.807) is 26.0 Å². The van der Waals surface area contributed by atoms with E-state index in [0.717, 1.165) is 6.42 Å². The van der Waals surface area contributed by atoms with Crippen LogP contribution in [0.15, 0.2) is 17.0 Å². The molecule has 1 atom stereocenters. The molecule has 5 heteroatoms. The highest BCUT2D eigenvalue weighted by Crippen LogP contribution is 2.28. The van der Waals surface area contributed by atoms with Crippen LogP contribution in [0.3, 0.4) is 0 Å². The van der Waals surface area contributed by atoms with E-state index in [-0.39, 0.29) is 4.90 Å². The molecule has 0 heterocycles. The average molecular weight is 291 g/mol. The molecular formula is C13H19ClO3S. The number of hydrogen-bond acceptors (Lipinski definition) is 3. The van der Waals surface area contributed by atoms with Crippen LogP contribution in [-0.2, 0) is 9.05 Å². The highest BCUT2D eigenvalue weighted by atomic mass is 35.7. The number of halogens is 1. The van der Waals surface area contributed by atoms with Gasteiger partial charge >= 0.3 is 0 Å². The summed E-state index contributed by atoms with van der Waals surface area (Å²) < 4.78 is 28.5. The molecule has 0 saturated heterocycles. The molecule has 0 N–H and O–H groups in total. The summed E-state index contributed by atoms with van der Waals surface area (Å²) in [4.78, 5) is 0.181. The van der Waals surface area contributed by atoms with Gasteiger partial charge in [-0.05, 0) is 43.0 Å². The molecule has 0 saturated carbocycles. The number of aryl methyl sites for hydroxylation is 2.